The molecule has 0 N–H and O–H groups in total. The van der Waals surface area contributed by atoms with Crippen molar-refractivity contribution in [3.63, 3.8) is 0 Å². The van der Waals surface area contributed by atoms with E-state index < -0.39 is 56.5 Å². The third kappa shape index (κ3) is 4.28. The molecular weight excluding hydrogens is 407 g/mol. The molecule has 1 aliphatic rings. The second-order valence-electron chi connectivity index (χ2n) is 5.66. The summed E-state index contributed by atoms with van der Waals surface area (Å²) >= 11 is 0. The van der Waals surface area contributed by atoms with Crippen molar-refractivity contribution in [3.8, 4) is 0 Å². The molecule has 0 radical (unpaired) electrons. The number of carbonyl (C=O) groups is 2. The van der Waals surface area contributed by atoms with Gasteiger partial charge in [-0.2, -0.15) is 13.2 Å². The average molecular weight is 423 g/mol. The van der Waals surface area contributed by atoms with Crippen LogP contribution in [0.25, 0.3) is 0 Å². The van der Waals surface area contributed by atoms with E-state index in [2.05, 4.69) is 9.47 Å². The summed E-state index contributed by atoms with van der Waals surface area (Å²) in [6.07, 6.45) is -4.19. The molecular formula is C16H16F3NO7S. The van der Waals surface area contributed by atoms with Crippen LogP contribution in [0.4, 0.5) is 18.9 Å². The zero-order valence-electron chi connectivity index (χ0n) is 15.0. The Balaban J connectivity index is 2.77. The first-order chi connectivity index (χ1) is 12.9. The first-order valence-electron chi connectivity index (χ1n) is 7.58. The number of halogens is 3. The lowest BCUT2D eigenvalue weighted by Crippen LogP contribution is -2.39. The predicted molar refractivity (Wildman–Crippen MR) is 88.9 cm³/mol. The van der Waals surface area contributed by atoms with E-state index in [-0.39, 0.29) is 12.2 Å². The van der Waals surface area contributed by atoms with Gasteiger partial charge in [0, 0.05) is 6.26 Å². The van der Waals surface area contributed by atoms with Crippen LogP contribution in [-0.2, 0) is 39.8 Å². The van der Waals surface area contributed by atoms with Crippen LogP contribution < -0.4 is 4.90 Å². The van der Waals surface area contributed by atoms with Crippen LogP contribution in [0.2, 0.25) is 0 Å². The molecule has 1 heterocycles. The van der Waals surface area contributed by atoms with Crippen LogP contribution in [-0.4, -0.2) is 54.2 Å². The largest absolute Gasteiger partial charge is 0.466 e. The van der Waals surface area contributed by atoms with Gasteiger partial charge in [0.1, 0.15) is 12.4 Å². The molecule has 1 aromatic carbocycles. The maximum atomic E-state index is 13.6. The minimum absolute atomic E-state index is 0.332. The van der Waals surface area contributed by atoms with Gasteiger partial charge in [-0.25, -0.2) is 18.0 Å². The predicted octanol–water partition coefficient (Wildman–Crippen LogP) is 1.50. The SMILES string of the molecule is COC(=O)C1=C(C(=O)OC)N(c2ccc(S(C)(=O)=O)cc2C(F)(F)F)COC1. The van der Waals surface area contributed by atoms with E-state index in [9.17, 15) is 31.2 Å². The van der Waals surface area contributed by atoms with Crippen LogP contribution in [0, 0.1) is 0 Å². The number of anilines is 1. The van der Waals surface area contributed by atoms with Gasteiger partial charge in [-0.1, -0.05) is 0 Å². The van der Waals surface area contributed by atoms with E-state index in [0.717, 1.165) is 37.5 Å². The Morgan fingerprint density at radius 3 is 2.25 bits per heavy atom. The number of hydrogen-bond donors (Lipinski definition) is 0. The number of benzene rings is 1. The normalized spacial score (nSPS) is 15.4. The topological polar surface area (TPSA) is 99.2 Å². The Kier molecular flexibility index (Phi) is 6.04. The number of rotatable bonds is 4. The fourth-order valence-electron chi connectivity index (χ4n) is 2.54. The molecule has 0 fully saturated rings. The quantitative estimate of drug-likeness (QED) is 0.672. The molecule has 12 heteroatoms. The highest BCUT2D eigenvalue weighted by Crippen LogP contribution is 2.40. The number of methoxy groups -OCH3 is 2. The minimum Gasteiger partial charge on any atom is -0.466 e. The van der Waals surface area contributed by atoms with Gasteiger partial charge >= 0.3 is 18.1 Å². The van der Waals surface area contributed by atoms with Gasteiger partial charge in [0.25, 0.3) is 0 Å². The highest BCUT2D eigenvalue weighted by molar-refractivity contribution is 7.90. The number of carbonyl (C=O) groups excluding carboxylic acids is 2. The highest BCUT2D eigenvalue weighted by atomic mass is 32.2. The van der Waals surface area contributed by atoms with Crippen molar-refractivity contribution >= 4 is 27.5 Å². The average Bonchev–Trinajstić information content (AvgIpc) is 2.64. The molecule has 0 atom stereocenters. The molecule has 0 saturated heterocycles. The van der Waals surface area contributed by atoms with Gasteiger partial charge in [-0.3, -0.25) is 0 Å². The molecule has 0 spiro atoms. The standard InChI is InChI=1S/C16H16F3NO7S/c1-25-14(21)10-7-27-8-20(13(10)15(22)26-2)12-5-4-9(28(3,23)24)6-11(12)16(17,18)19/h4-6H,7-8H2,1-3H3. The van der Waals surface area contributed by atoms with E-state index >= 15 is 0 Å². The van der Waals surface area contributed by atoms with Gasteiger partial charge in [0.2, 0.25) is 0 Å². The monoisotopic (exact) mass is 423 g/mol. The van der Waals surface area contributed by atoms with Crippen molar-refractivity contribution in [1.29, 1.82) is 0 Å². The first kappa shape index (κ1) is 21.7. The van der Waals surface area contributed by atoms with Gasteiger partial charge < -0.3 is 19.1 Å². The number of nitrogens with zero attached hydrogens (tertiary/aromatic N) is 1. The molecule has 1 aromatic rings. The maximum Gasteiger partial charge on any atom is 0.418 e. The Morgan fingerprint density at radius 1 is 1.14 bits per heavy atom. The molecule has 0 amide bonds. The summed E-state index contributed by atoms with van der Waals surface area (Å²) in [4.78, 5) is 24.4. The summed E-state index contributed by atoms with van der Waals surface area (Å²) in [5.74, 6) is -2.06. The minimum atomic E-state index is -4.96. The van der Waals surface area contributed by atoms with E-state index in [1.807, 2.05) is 0 Å². The van der Waals surface area contributed by atoms with Gasteiger partial charge in [0.15, 0.2) is 9.84 Å². The lowest BCUT2D eigenvalue weighted by Gasteiger charge is -2.33. The molecule has 2 rings (SSSR count). The van der Waals surface area contributed by atoms with Crippen LogP contribution in [0.5, 0.6) is 0 Å². The zero-order valence-corrected chi connectivity index (χ0v) is 15.8. The van der Waals surface area contributed by atoms with Crippen molar-refractivity contribution in [2.75, 3.05) is 38.7 Å². The molecule has 0 unspecified atom stereocenters. The summed E-state index contributed by atoms with van der Waals surface area (Å²) in [7, 11) is -1.89. The smallest absolute Gasteiger partial charge is 0.418 e. The van der Waals surface area contributed by atoms with E-state index in [0.29, 0.717) is 6.07 Å². The van der Waals surface area contributed by atoms with Crippen molar-refractivity contribution in [3.05, 3.63) is 35.0 Å². The number of alkyl halides is 3. The Morgan fingerprint density at radius 2 is 1.75 bits per heavy atom. The number of sulfone groups is 1. The maximum absolute atomic E-state index is 13.6. The number of esters is 2. The van der Waals surface area contributed by atoms with Crippen molar-refractivity contribution in [2.45, 2.75) is 11.1 Å². The number of hydrogen-bond acceptors (Lipinski definition) is 8. The number of ether oxygens (including phenoxy) is 3. The fraction of sp³-hybridized carbons (Fsp3) is 0.375. The third-order valence-electron chi connectivity index (χ3n) is 3.83. The van der Waals surface area contributed by atoms with E-state index in [4.69, 9.17) is 4.74 Å². The second kappa shape index (κ2) is 7.80. The van der Waals surface area contributed by atoms with Crippen LogP contribution in [0.1, 0.15) is 5.56 Å². The van der Waals surface area contributed by atoms with Crippen molar-refractivity contribution in [2.24, 2.45) is 0 Å². The lowest BCUT2D eigenvalue weighted by molar-refractivity contribution is -0.141. The van der Waals surface area contributed by atoms with Crippen molar-refractivity contribution < 1.29 is 45.4 Å². The first-order valence-corrected chi connectivity index (χ1v) is 9.47. The summed E-state index contributed by atoms with van der Waals surface area (Å²) in [6, 6.07) is 2.29. The van der Waals surface area contributed by atoms with E-state index in [1.54, 1.807) is 0 Å². The van der Waals surface area contributed by atoms with Crippen LogP contribution in [0.3, 0.4) is 0 Å². The van der Waals surface area contributed by atoms with Gasteiger partial charge in [0.05, 0.1) is 42.5 Å². The summed E-state index contributed by atoms with van der Waals surface area (Å²) in [5, 5.41) is 0. The molecule has 28 heavy (non-hydrogen) atoms. The molecule has 0 bridgehead atoms. The summed E-state index contributed by atoms with van der Waals surface area (Å²) < 4.78 is 78.4. The summed E-state index contributed by atoms with van der Waals surface area (Å²) in [6.45, 7) is -0.886. The molecule has 0 aromatic heterocycles. The zero-order chi connectivity index (χ0) is 21.3. The van der Waals surface area contributed by atoms with Gasteiger partial charge in [-0.15, -0.1) is 0 Å². The second-order valence-corrected chi connectivity index (χ2v) is 7.68. The Hall–Kier alpha value is -2.60. The van der Waals surface area contributed by atoms with E-state index in [1.165, 1.54) is 0 Å². The molecule has 0 aliphatic carbocycles. The molecule has 1 aliphatic heterocycles. The molecule has 0 saturated carbocycles. The Labute approximate surface area is 158 Å². The van der Waals surface area contributed by atoms with Crippen molar-refractivity contribution in [1.82, 2.24) is 0 Å². The molecule has 8 nitrogen and oxygen atoms in total. The highest BCUT2D eigenvalue weighted by Gasteiger charge is 2.40. The fourth-order valence-corrected chi connectivity index (χ4v) is 3.19. The van der Waals surface area contributed by atoms with Crippen LogP contribution in [0.15, 0.2) is 34.4 Å². The lowest BCUT2D eigenvalue weighted by atomic mass is 10.1. The molecule has 154 valence electrons. The third-order valence-corrected chi connectivity index (χ3v) is 4.94. The summed E-state index contributed by atoms with van der Waals surface area (Å²) in [5.41, 5.74) is -2.73. The van der Waals surface area contributed by atoms with Crippen LogP contribution >= 0.6 is 0 Å². The van der Waals surface area contributed by atoms with Gasteiger partial charge in [-0.05, 0) is 18.2 Å². The Bertz CT molecular complexity index is 938.